The molecule has 0 saturated heterocycles. The number of anilines is 1. The third-order valence-corrected chi connectivity index (χ3v) is 2.96. The van der Waals surface area contributed by atoms with Crippen LogP contribution in [0.1, 0.15) is 10.4 Å². The van der Waals surface area contributed by atoms with E-state index in [4.69, 9.17) is 23.2 Å². The highest BCUT2D eigenvalue weighted by atomic mass is 35.5. The maximum atomic E-state index is 11.8. The van der Waals surface area contributed by atoms with Crippen LogP contribution < -0.4 is 5.32 Å². The molecule has 0 unspecified atom stereocenters. The van der Waals surface area contributed by atoms with Crippen molar-refractivity contribution in [1.29, 1.82) is 0 Å². The van der Waals surface area contributed by atoms with Gasteiger partial charge in [-0.1, -0.05) is 29.3 Å². The van der Waals surface area contributed by atoms with E-state index in [0.29, 0.717) is 21.3 Å². The Bertz CT molecular complexity index is 546. The van der Waals surface area contributed by atoms with Gasteiger partial charge in [-0.2, -0.15) is 0 Å². The first-order chi connectivity index (χ1) is 8.18. The maximum Gasteiger partial charge on any atom is 0.255 e. The average molecular weight is 304 g/mol. The molecule has 0 bridgehead atoms. The second-order valence-corrected chi connectivity index (χ2v) is 4.08. The van der Waals surface area contributed by atoms with Crippen LogP contribution in [-0.2, 0) is 0 Å². The molecule has 18 heavy (non-hydrogen) atoms. The van der Waals surface area contributed by atoms with Gasteiger partial charge >= 0.3 is 0 Å². The fourth-order valence-corrected chi connectivity index (χ4v) is 1.65. The molecule has 0 saturated carbocycles. The second-order valence-electron chi connectivity index (χ2n) is 3.29. The van der Waals surface area contributed by atoms with Crippen molar-refractivity contribution in [2.75, 3.05) is 5.32 Å². The monoisotopic (exact) mass is 302 g/mol. The van der Waals surface area contributed by atoms with E-state index in [9.17, 15) is 4.79 Å². The zero-order valence-corrected chi connectivity index (χ0v) is 11.4. The number of carbonyl (C=O) groups is 1. The van der Waals surface area contributed by atoms with E-state index >= 15 is 0 Å². The van der Waals surface area contributed by atoms with Crippen LogP contribution in [-0.4, -0.2) is 10.9 Å². The van der Waals surface area contributed by atoms with Crippen LogP contribution in [0.2, 0.25) is 10.0 Å². The zero-order chi connectivity index (χ0) is 12.3. The first-order valence-electron chi connectivity index (χ1n) is 4.84. The second kappa shape index (κ2) is 6.59. The Morgan fingerprint density at radius 3 is 2.44 bits per heavy atom. The topological polar surface area (TPSA) is 42.0 Å². The van der Waals surface area contributed by atoms with Crippen molar-refractivity contribution >= 4 is 47.2 Å². The largest absolute Gasteiger partial charge is 0.321 e. The predicted molar refractivity (Wildman–Crippen MR) is 75.9 cm³/mol. The molecular formula is C12H9Cl3N2O. The summed E-state index contributed by atoms with van der Waals surface area (Å²) in [5, 5.41) is 3.42. The van der Waals surface area contributed by atoms with Crippen LogP contribution in [0.5, 0.6) is 0 Å². The molecule has 0 aliphatic carbocycles. The molecule has 1 N–H and O–H groups in total. The summed E-state index contributed by atoms with van der Waals surface area (Å²) in [6.07, 6.45) is 3.10. The van der Waals surface area contributed by atoms with Crippen molar-refractivity contribution < 1.29 is 4.79 Å². The first-order valence-corrected chi connectivity index (χ1v) is 5.59. The molecule has 94 valence electrons. The Kier molecular flexibility index (Phi) is 5.41. The molecular weight excluding hydrogens is 295 g/mol. The highest BCUT2D eigenvalue weighted by Crippen LogP contribution is 2.29. The van der Waals surface area contributed by atoms with E-state index in [1.807, 2.05) is 0 Å². The number of amides is 1. The van der Waals surface area contributed by atoms with Crippen LogP contribution in [0.25, 0.3) is 0 Å². The molecule has 2 rings (SSSR count). The lowest BCUT2D eigenvalue weighted by molar-refractivity contribution is 0.102. The van der Waals surface area contributed by atoms with Crippen molar-refractivity contribution in [2.45, 2.75) is 0 Å². The lowest BCUT2D eigenvalue weighted by Crippen LogP contribution is -2.12. The van der Waals surface area contributed by atoms with Crippen molar-refractivity contribution in [3.8, 4) is 0 Å². The Morgan fingerprint density at radius 1 is 1.11 bits per heavy atom. The number of aromatic nitrogens is 1. The van der Waals surface area contributed by atoms with Crippen molar-refractivity contribution in [2.24, 2.45) is 0 Å². The Balaban J connectivity index is 0.00000162. The molecule has 0 radical (unpaired) electrons. The molecule has 3 nitrogen and oxygen atoms in total. The summed E-state index contributed by atoms with van der Waals surface area (Å²) in [5.74, 6) is -0.253. The van der Waals surface area contributed by atoms with Gasteiger partial charge in [0.2, 0.25) is 0 Å². The van der Waals surface area contributed by atoms with Gasteiger partial charge in [-0.25, -0.2) is 0 Å². The SMILES string of the molecule is Cl.O=C(Nc1cccc(Cl)c1Cl)c1ccncc1. The van der Waals surface area contributed by atoms with E-state index in [1.54, 1.807) is 42.7 Å². The van der Waals surface area contributed by atoms with Gasteiger partial charge in [0.15, 0.2) is 0 Å². The summed E-state index contributed by atoms with van der Waals surface area (Å²) in [5.41, 5.74) is 0.997. The van der Waals surface area contributed by atoms with Gasteiger partial charge in [0.25, 0.3) is 5.91 Å². The van der Waals surface area contributed by atoms with E-state index in [2.05, 4.69) is 10.3 Å². The van der Waals surface area contributed by atoms with Crippen LogP contribution >= 0.6 is 35.6 Å². The molecule has 1 heterocycles. The molecule has 0 aliphatic rings. The van der Waals surface area contributed by atoms with Gasteiger partial charge in [0.05, 0.1) is 15.7 Å². The molecule has 6 heteroatoms. The number of nitrogens with one attached hydrogen (secondary N) is 1. The lowest BCUT2D eigenvalue weighted by Gasteiger charge is -2.07. The number of hydrogen-bond donors (Lipinski definition) is 1. The fraction of sp³-hybridized carbons (Fsp3) is 0. The highest BCUT2D eigenvalue weighted by molar-refractivity contribution is 6.44. The van der Waals surface area contributed by atoms with E-state index in [-0.39, 0.29) is 18.3 Å². The minimum absolute atomic E-state index is 0. The Labute approximate surface area is 121 Å². The summed E-state index contributed by atoms with van der Waals surface area (Å²) >= 11 is 11.8. The van der Waals surface area contributed by atoms with Crippen LogP contribution in [0.15, 0.2) is 42.7 Å². The molecule has 1 amide bonds. The van der Waals surface area contributed by atoms with E-state index in [0.717, 1.165) is 0 Å². The molecule has 1 aromatic carbocycles. The number of nitrogens with zero attached hydrogens (tertiary/aromatic N) is 1. The maximum absolute atomic E-state index is 11.8. The van der Waals surface area contributed by atoms with E-state index < -0.39 is 0 Å². The number of rotatable bonds is 2. The zero-order valence-electron chi connectivity index (χ0n) is 9.06. The summed E-state index contributed by atoms with van der Waals surface area (Å²) in [4.78, 5) is 15.7. The van der Waals surface area contributed by atoms with Crippen molar-refractivity contribution in [3.63, 3.8) is 0 Å². The standard InChI is InChI=1S/C12H8Cl2N2O.ClH/c13-9-2-1-3-10(11(9)14)16-12(17)8-4-6-15-7-5-8;/h1-7H,(H,16,17);1H. The number of pyridine rings is 1. The van der Waals surface area contributed by atoms with Gasteiger partial charge in [-0.05, 0) is 24.3 Å². The highest BCUT2D eigenvalue weighted by Gasteiger charge is 2.09. The van der Waals surface area contributed by atoms with Crippen molar-refractivity contribution in [1.82, 2.24) is 4.98 Å². The molecule has 0 spiro atoms. The minimum atomic E-state index is -0.253. The minimum Gasteiger partial charge on any atom is -0.321 e. The fourth-order valence-electron chi connectivity index (χ4n) is 1.30. The molecule has 0 atom stereocenters. The summed E-state index contributed by atoms with van der Waals surface area (Å²) < 4.78 is 0. The molecule has 2 aromatic rings. The van der Waals surface area contributed by atoms with Gasteiger partial charge in [-0.3, -0.25) is 9.78 Å². The summed E-state index contributed by atoms with van der Waals surface area (Å²) in [6.45, 7) is 0. The number of hydrogen-bond acceptors (Lipinski definition) is 2. The number of carbonyl (C=O) groups excluding carboxylic acids is 1. The van der Waals surface area contributed by atoms with Crippen LogP contribution in [0.3, 0.4) is 0 Å². The smallest absolute Gasteiger partial charge is 0.255 e. The van der Waals surface area contributed by atoms with Crippen LogP contribution in [0.4, 0.5) is 5.69 Å². The van der Waals surface area contributed by atoms with Gasteiger partial charge in [-0.15, -0.1) is 12.4 Å². The van der Waals surface area contributed by atoms with Crippen LogP contribution in [0, 0.1) is 0 Å². The quantitative estimate of drug-likeness (QED) is 0.909. The average Bonchev–Trinajstić information content (AvgIpc) is 2.36. The lowest BCUT2D eigenvalue weighted by atomic mass is 10.2. The first kappa shape index (κ1) is 14.8. The normalized spacial score (nSPS) is 9.44. The molecule has 0 aliphatic heterocycles. The third kappa shape index (κ3) is 3.35. The van der Waals surface area contributed by atoms with E-state index in [1.165, 1.54) is 0 Å². The van der Waals surface area contributed by atoms with Gasteiger partial charge in [0, 0.05) is 18.0 Å². The summed E-state index contributed by atoms with van der Waals surface area (Å²) in [7, 11) is 0. The molecule has 1 aromatic heterocycles. The molecule has 0 fully saturated rings. The van der Waals surface area contributed by atoms with Gasteiger partial charge < -0.3 is 5.32 Å². The van der Waals surface area contributed by atoms with Gasteiger partial charge in [0.1, 0.15) is 0 Å². The number of halogens is 3. The Morgan fingerprint density at radius 2 is 1.78 bits per heavy atom. The number of benzene rings is 1. The van der Waals surface area contributed by atoms with Crippen molar-refractivity contribution in [3.05, 3.63) is 58.3 Å². The third-order valence-electron chi connectivity index (χ3n) is 2.14. The predicted octanol–water partition coefficient (Wildman–Crippen LogP) is 4.06. The summed E-state index contributed by atoms with van der Waals surface area (Å²) in [6, 6.07) is 8.30. The Hall–Kier alpha value is -1.29.